The lowest BCUT2D eigenvalue weighted by atomic mass is 10.2. The average molecular weight is 267 g/mol. The highest BCUT2D eigenvalue weighted by molar-refractivity contribution is 6.07. The van der Waals surface area contributed by atoms with Crippen LogP contribution in [0.1, 0.15) is 10.4 Å². The van der Waals surface area contributed by atoms with Gasteiger partial charge in [-0.1, -0.05) is 18.2 Å². The van der Waals surface area contributed by atoms with Crippen LogP contribution in [0, 0.1) is 0 Å². The molecular formula is C15H13N3O2. The van der Waals surface area contributed by atoms with Crippen LogP contribution < -0.4 is 10.1 Å². The first-order chi connectivity index (χ1) is 9.78. The summed E-state index contributed by atoms with van der Waals surface area (Å²) >= 11 is 0. The van der Waals surface area contributed by atoms with Gasteiger partial charge in [0.1, 0.15) is 5.75 Å². The monoisotopic (exact) mass is 267 g/mol. The van der Waals surface area contributed by atoms with Gasteiger partial charge in [-0.25, -0.2) is 0 Å². The van der Waals surface area contributed by atoms with Crippen molar-refractivity contribution < 1.29 is 9.53 Å². The predicted octanol–water partition coefficient (Wildman–Crippen LogP) is 2.82. The minimum atomic E-state index is -0.221. The van der Waals surface area contributed by atoms with E-state index in [1.807, 2.05) is 24.3 Å². The lowest BCUT2D eigenvalue weighted by Crippen LogP contribution is -2.12. The minimum absolute atomic E-state index is 0.221. The second-order valence-corrected chi connectivity index (χ2v) is 4.30. The van der Waals surface area contributed by atoms with Crippen molar-refractivity contribution >= 4 is 22.6 Å². The molecule has 3 aromatic rings. The molecule has 0 radical (unpaired) electrons. The van der Waals surface area contributed by atoms with E-state index in [0.717, 1.165) is 10.9 Å². The smallest absolute Gasteiger partial charge is 0.257 e. The van der Waals surface area contributed by atoms with Crippen LogP contribution in [0.15, 0.2) is 48.5 Å². The molecule has 0 saturated carbocycles. The number of carbonyl (C=O) groups excluding carboxylic acids is 1. The van der Waals surface area contributed by atoms with Crippen molar-refractivity contribution in [3.8, 4) is 5.75 Å². The maximum atomic E-state index is 12.2. The van der Waals surface area contributed by atoms with Gasteiger partial charge in [-0.3, -0.25) is 9.89 Å². The number of hydrogen-bond donors (Lipinski definition) is 2. The molecule has 0 aliphatic carbocycles. The van der Waals surface area contributed by atoms with E-state index in [1.54, 1.807) is 31.4 Å². The molecule has 2 N–H and O–H groups in total. The van der Waals surface area contributed by atoms with Gasteiger partial charge in [-0.2, -0.15) is 5.10 Å². The second kappa shape index (κ2) is 5.05. The average Bonchev–Trinajstić information content (AvgIpc) is 2.90. The van der Waals surface area contributed by atoms with Crippen molar-refractivity contribution in [3.63, 3.8) is 0 Å². The van der Waals surface area contributed by atoms with Gasteiger partial charge in [-0.15, -0.1) is 0 Å². The highest BCUT2D eigenvalue weighted by Crippen LogP contribution is 2.21. The summed E-state index contributed by atoms with van der Waals surface area (Å²) in [4.78, 5) is 12.2. The molecule has 1 aromatic heterocycles. The Morgan fingerprint density at radius 2 is 2.05 bits per heavy atom. The zero-order chi connectivity index (χ0) is 13.9. The van der Waals surface area contributed by atoms with E-state index in [-0.39, 0.29) is 5.91 Å². The van der Waals surface area contributed by atoms with Crippen LogP contribution in [0.5, 0.6) is 5.75 Å². The van der Waals surface area contributed by atoms with E-state index in [9.17, 15) is 4.79 Å². The first kappa shape index (κ1) is 12.2. The van der Waals surface area contributed by atoms with E-state index in [0.29, 0.717) is 17.1 Å². The van der Waals surface area contributed by atoms with Gasteiger partial charge in [0, 0.05) is 10.9 Å². The number of nitrogens with zero attached hydrogens (tertiary/aromatic N) is 1. The van der Waals surface area contributed by atoms with Gasteiger partial charge in [0.15, 0.2) is 5.82 Å². The quantitative estimate of drug-likeness (QED) is 0.766. The summed E-state index contributed by atoms with van der Waals surface area (Å²) in [6.45, 7) is 0. The Bertz CT molecular complexity index is 764. The number of carbonyl (C=O) groups is 1. The highest BCUT2D eigenvalue weighted by atomic mass is 16.5. The number of anilines is 1. The van der Waals surface area contributed by atoms with Gasteiger partial charge >= 0.3 is 0 Å². The van der Waals surface area contributed by atoms with Crippen LogP contribution in [0.2, 0.25) is 0 Å². The molecule has 0 aliphatic heterocycles. The number of benzene rings is 2. The molecule has 5 heteroatoms. The first-order valence-electron chi connectivity index (χ1n) is 6.16. The largest absolute Gasteiger partial charge is 0.497 e. The van der Waals surface area contributed by atoms with Crippen LogP contribution in [-0.4, -0.2) is 23.2 Å². The molecule has 2 aromatic carbocycles. The zero-order valence-corrected chi connectivity index (χ0v) is 10.9. The van der Waals surface area contributed by atoms with Gasteiger partial charge in [-0.05, 0) is 30.3 Å². The minimum Gasteiger partial charge on any atom is -0.497 e. The summed E-state index contributed by atoms with van der Waals surface area (Å²) in [6.07, 6.45) is 0. The van der Waals surface area contributed by atoms with E-state index >= 15 is 0 Å². The van der Waals surface area contributed by atoms with E-state index in [1.165, 1.54) is 0 Å². The summed E-state index contributed by atoms with van der Waals surface area (Å²) in [7, 11) is 1.57. The maximum absolute atomic E-state index is 12.2. The molecule has 0 bridgehead atoms. The van der Waals surface area contributed by atoms with Gasteiger partial charge in [0.2, 0.25) is 0 Å². The van der Waals surface area contributed by atoms with Crippen molar-refractivity contribution in [2.24, 2.45) is 0 Å². The molecule has 3 rings (SSSR count). The Kier molecular flexibility index (Phi) is 3.09. The lowest BCUT2D eigenvalue weighted by Gasteiger charge is -2.04. The molecule has 1 amide bonds. The van der Waals surface area contributed by atoms with Crippen LogP contribution in [0.4, 0.5) is 5.82 Å². The fourth-order valence-electron chi connectivity index (χ4n) is 2.00. The number of amides is 1. The van der Waals surface area contributed by atoms with Gasteiger partial charge < -0.3 is 10.1 Å². The van der Waals surface area contributed by atoms with E-state index in [4.69, 9.17) is 4.74 Å². The number of nitrogens with one attached hydrogen (secondary N) is 2. The number of para-hydroxylation sites is 1. The number of aromatic amines is 1. The van der Waals surface area contributed by atoms with Gasteiger partial charge in [0.05, 0.1) is 12.6 Å². The van der Waals surface area contributed by atoms with Crippen molar-refractivity contribution in [2.75, 3.05) is 12.4 Å². The fraction of sp³-hybridized carbons (Fsp3) is 0.0667. The van der Waals surface area contributed by atoms with Crippen molar-refractivity contribution in [1.29, 1.82) is 0 Å². The van der Waals surface area contributed by atoms with Crippen LogP contribution in [0.3, 0.4) is 0 Å². The third-order valence-electron chi connectivity index (χ3n) is 3.03. The Balaban J connectivity index is 1.88. The lowest BCUT2D eigenvalue weighted by molar-refractivity contribution is 0.102. The number of ether oxygens (including phenoxy) is 1. The summed E-state index contributed by atoms with van der Waals surface area (Å²) < 4.78 is 5.11. The summed E-state index contributed by atoms with van der Waals surface area (Å²) in [5, 5.41) is 10.7. The first-order valence-corrected chi connectivity index (χ1v) is 6.16. The molecular weight excluding hydrogens is 254 g/mol. The third kappa shape index (κ3) is 2.21. The van der Waals surface area contributed by atoms with Crippen LogP contribution in [-0.2, 0) is 0 Å². The molecule has 1 heterocycles. The van der Waals surface area contributed by atoms with Crippen molar-refractivity contribution in [1.82, 2.24) is 10.2 Å². The zero-order valence-electron chi connectivity index (χ0n) is 10.9. The second-order valence-electron chi connectivity index (χ2n) is 4.30. The molecule has 0 saturated heterocycles. The number of hydrogen-bond acceptors (Lipinski definition) is 3. The van der Waals surface area contributed by atoms with Crippen molar-refractivity contribution in [2.45, 2.75) is 0 Å². The number of H-pyrrole nitrogens is 1. The number of rotatable bonds is 3. The topological polar surface area (TPSA) is 67.0 Å². The maximum Gasteiger partial charge on any atom is 0.257 e. The Morgan fingerprint density at radius 3 is 2.90 bits per heavy atom. The Labute approximate surface area is 115 Å². The third-order valence-corrected chi connectivity index (χ3v) is 3.03. The number of fused-ring (bicyclic) bond motifs is 1. The Hall–Kier alpha value is -2.82. The van der Waals surface area contributed by atoms with Crippen molar-refractivity contribution in [3.05, 3.63) is 54.1 Å². The summed E-state index contributed by atoms with van der Waals surface area (Å²) in [6, 6.07) is 14.6. The van der Waals surface area contributed by atoms with Crippen LogP contribution in [0.25, 0.3) is 10.9 Å². The molecule has 0 atom stereocenters. The fourth-order valence-corrected chi connectivity index (χ4v) is 2.00. The number of aromatic nitrogens is 2. The highest BCUT2D eigenvalue weighted by Gasteiger charge is 2.11. The van der Waals surface area contributed by atoms with E-state index < -0.39 is 0 Å². The standard InChI is InChI=1S/C15H13N3O2/c1-20-11-6-4-5-10(9-11)15(19)16-14-12-7-2-3-8-13(12)17-18-14/h2-9H,1H3,(H2,16,17,18,19). The molecule has 0 unspecified atom stereocenters. The molecule has 100 valence electrons. The predicted molar refractivity (Wildman–Crippen MR) is 77.0 cm³/mol. The Morgan fingerprint density at radius 1 is 1.20 bits per heavy atom. The normalized spacial score (nSPS) is 10.4. The molecule has 0 aliphatic rings. The van der Waals surface area contributed by atoms with Crippen LogP contribution >= 0.6 is 0 Å². The molecule has 5 nitrogen and oxygen atoms in total. The van der Waals surface area contributed by atoms with E-state index in [2.05, 4.69) is 15.5 Å². The van der Waals surface area contributed by atoms with Gasteiger partial charge in [0.25, 0.3) is 5.91 Å². The molecule has 0 fully saturated rings. The summed E-state index contributed by atoms with van der Waals surface area (Å²) in [5.74, 6) is 0.944. The molecule has 0 spiro atoms. The SMILES string of the molecule is COc1cccc(C(=O)Nc2n[nH]c3ccccc23)c1. The number of methoxy groups -OCH3 is 1. The molecule has 20 heavy (non-hydrogen) atoms. The summed E-state index contributed by atoms with van der Waals surface area (Å²) in [5.41, 5.74) is 1.41.